The van der Waals surface area contributed by atoms with Crippen molar-refractivity contribution in [1.29, 1.82) is 0 Å². The van der Waals surface area contributed by atoms with E-state index in [1.54, 1.807) is 23.6 Å². The van der Waals surface area contributed by atoms with Gasteiger partial charge in [0.1, 0.15) is 5.75 Å². The highest BCUT2D eigenvalue weighted by atomic mass is 16.5. The number of esters is 1. The number of methoxy groups -OCH3 is 1. The molecule has 3 aromatic rings. The third kappa shape index (κ3) is 4.49. The van der Waals surface area contributed by atoms with Gasteiger partial charge in [0.2, 0.25) is 5.82 Å². The summed E-state index contributed by atoms with van der Waals surface area (Å²) in [7, 11) is 1.61. The Hall–Kier alpha value is -3.68. The fourth-order valence-electron chi connectivity index (χ4n) is 3.80. The lowest BCUT2D eigenvalue weighted by molar-refractivity contribution is -0.149. The molecular weight excluding hydrogens is 408 g/mol. The molecule has 8 heteroatoms. The molecule has 1 aromatic heterocycles. The Balaban J connectivity index is 1.60. The van der Waals surface area contributed by atoms with Gasteiger partial charge in [0.25, 0.3) is 5.91 Å². The van der Waals surface area contributed by atoms with Gasteiger partial charge >= 0.3 is 5.97 Å². The van der Waals surface area contributed by atoms with Crippen molar-refractivity contribution < 1.29 is 19.1 Å². The predicted molar refractivity (Wildman–Crippen MR) is 119 cm³/mol. The molecule has 1 fully saturated rings. The molecule has 4 rings (SSSR count). The second-order valence-corrected chi connectivity index (χ2v) is 7.55. The van der Waals surface area contributed by atoms with E-state index in [-0.39, 0.29) is 23.6 Å². The molecule has 0 spiro atoms. The summed E-state index contributed by atoms with van der Waals surface area (Å²) in [5.74, 6) is 0.860. The Labute approximate surface area is 186 Å². The van der Waals surface area contributed by atoms with Crippen LogP contribution in [0.3, 0.4) is 0 Å². The highest BCUT2D eigenvalue weighted by Crippen LogP contribution is 2.24. The van der Waals surface area contributed by atoms with E-state index < -0.39 is 0 Å². The minimum Gasteiger partial charge on any atom is -0.497 e. The molecule has 0 bridgehead atoms. The predicted octanol–water partition coefficient (Wildman–Crippen LogP) is 3.36. The van der Waals surface area contributed by atoms with Gasteiger partial charge in [-0.2, -0.15) is 0 Å². The van der Waals surface area contributed by atoms with Crippen LogP contribution in [0, 0.1) is 5.92 Å². The van der Waals surface area contributed by atoms with Crippen molar-refractivity contribution in [3.05, 3.63) is 60.4 Å². The van der Waals surface area contributed by atoms with Crippen LogP contribution in [0.25, 0.3) is 17.1 Å². The average molecular weight is 434 g/mol. The SMILES string of the molecule is CCOC(=O)C1CCN(C(=O)c2nc(-c3ccccc3)n(-c3ccc(OC)cc3)n2)CC1. The highest BCUT2D eigenvalue weighted by Gasteiger charge is 2.31. The summed E-state index contributed by atoms with van der Waals surface area (Å²) < 4.78 is 12.0. The normalized spacial score (nSPS) is 14.2. The third-order valence-electron chi connectivity index (χ3n) is 5.55. The zero-order valence-electron chi connectivity index (χ0n) is 18.2. The van der Waals surface area contributed by atoms with Gasteiger partial charge in [-0.3, -0.25) is 9.59 Å². The Morgan fingerprint density at radius 2 is 1.72 bits per heavy atom. The number of piperidine rings is 1. The molecule has 2 aromatic carbocycles. The summed E-state index contributed by atoms with van der Waals surface area (Å²) in [6, 6.07) is 17.1. The van der Waals surface area contributed by atoms with Crippen LogP contribution in [0.4, 0.5) is 0 Å². The number of likely N-dealkylation sites (tertiary alicyclic amines) is 1. The molecule has 8 nitrogen and oxygen atoms in total. The molecule has 0 saturated carbocycles. The first-order chi connectivity index (χ1) is 15.6. The van der Waals surface area contributed by atoms with E-state index >= 15 is 0 Å². The number of hydrogen-bond donors (Lipinski definition) is 0. The Morgan fingerprint density at radius 1 is 1.03 bits per heavy atom. The molecular formula is C24H26N4O4. The molecule has 1 aliphatic heterocycles. The van der Waals surface area contributed by atoms with Gasteiger partial charge in [0, 0.05) is 18.7 Å². The summed E-state index contributed by atoms with van der Waals surface area (Å²) in [6.07, 6.45) is 1.16. The number of carbonyl (C=O) groups excluding carboxylic acids is 2. The number of ether oxygens (including phenoxy) is 2. The first-order valence-electron chi connectivity index (χ1n) is 10.7. The Bertz CT molecular complexity index is 1070. The molecule has 2 heterocycles. The smallest absolute Gasteiger partial charge is 0.309 e. The minimum absolute atomic E-state index is 0.134. The molecule has 0 atom stereocenters. The van der Waals surface area contributed by atoms with Crippen LogP contribution in [0.5, 0.6) is 5.75 Å². The van der Waals surface area contributed by atoms with Gasteiger partial charge in [0.05, 0.1) is 25.3 Å². The van der Waals surface area contributed by atoms with E-state index in [9.17, 15) is 9.59 Å². The van der Waals surface area contributed by atoms with Crippen LogP contribution in [-0.2, 0) is 9.53 Å². The second-order valence-electron chi connectivity index (χ2n) is 7.55. The summed E-state index contributed by atoms with van der Waals surface area (Å²) in [4.78, 5) is 31.5. The first kappa shape index (κ1) is 21.5. The van der Waals surface area contributed by atoms with E-state index in [1.807, 2.05) is 54.6 Å². The Morgan fingerprint density at radius 3 is 2.34 bits per heavy atom. The zero-order chi connectivity index (χ0) is 22.5. The number of aromatic nitrogens is 3. The lowest BCUT2D eigenvalue weighted by atomic mass is 9.97. The van der Waals surface area contributed by atoms with Crippen molar-refractivity contribution in [1.82, 2.24) is 19.7 Å². The molecule has 1 saturated heterocycles. The number of nitrogens with zero attached hydrogens (tertiary/aromatic N) is 4. The lowest BCUT2D eigenvalue weighted by Crippen LogP contribution is -2.41. The van der Waals surface area contributed by atoms with E-state index in [0.717, 1.165) is 17.0 Å². The maximum Gasteiger partial charge on any atom is 0.309 e. The van der Waals surface area contributed by atoms with Crippen LogP contribution in [-0.4, -0.2) is 58.3 Å². The molecule has 0 aliphatic carbocycles. The summed E-state index contributed by atoms with van der Waals surface area (Å²) >= 11 is 0. The molecule has 166 valence electrons. The van der Waals surface area contributed by atoms with E-state index in [1.165, 1.54) is 0 Å². The fourth-order valence-corrected chi connectivity index (χ4v) is 3.80. The zero-order valence-corrected chi connectivity index (χ0v) is 18.2. The molecule has 0 unspecified atom stereocenters. The molecule has 1 aliphatic rings. The van der Waals surface area contributed by atoms with Gasteiger partial charge in [-0.25, -0.2) is 9.67 Å². The fraction of sp³-hybridized carbons (Fsp3) is 0.333. The topological polar surface area (TPSA) is 86.6 Å². The largest absolute Gasteiger partial charge is 0.497 e. The van der Waals surface area contributed by atoms with Crippen molar-refractivity contribution in [2.24, 2.45) is 5.92 Å². The number of rotatable bonds is 6. The van der Waals surface area contributed by atoms with Crippen molar-refractivity contribution in [3.63, 3.8) is 0 Å². The lowest BCUT2D eigenvalue weighted by Gasteiger charge is -2.30. The average Bonchev–Trinajstić information content (AvgIpc) is 3.30. The van der Waals surface area contributed by atoms with Gasteiger partial charge in [-0.1, -0.05) is 30.3 Å². The second kappa shape index (κ2) is 9.64. The molecule has 32 heavy (non-hydrogen) atoms. The number of amides is 1. The number of hydrogen-bond acceptors (Lipinski definition) is 6. The summed E-state index contributed by atoms with van der Waals surface area (Å²) in [5.41, 5.74) is 1.63. The van der Waals surface area contributed by atoms with Crippen molar-refractivity contribution in [2.75, 3.05) is 26.8 Å². The van der Waals surface area contributed by atoms with Crippen LogP contribution in [0.2, 0.25) is 0 Å². The maximum atomic E-state index is 13.2. The van der Waals surface area contributed by atoms with Crippen molar-refractivity contribution in [2.45, 2.75) is 19.8 Å². The van der Waals surface area contributed by atoms with E-state index in [4.69, 9.17) is 9.47 Å². The highest BCUT2D eigenvalue weighted by molar-refractivity contribution is 5.91. The van der Waals surface area contributed by atoms with E-state index in [0.29, 0.717) is 38.4 Å². The van der Waals surface area contributed by atoms with Crippen molar-refractivity contribution >= 4 is 11.9 Å². The first-order valence-corrected chi connectivity index (χ1v) is 10.7. The van der Waals surface area contributed by atoms with Crippen LogP contribution in [0.1, 0.15) is 30.4 Å². The summed E-state index contributed by atoms with van der Waals surface area (Å²) in [5, 5.41) is 4.55. The van der Waals surface area contributed by atoms with E-state index in [2.05, 4.69) is 10.1 Å². The standard InChI is InChI=1S/C24H26N4O4/c1-3-32-24(30)18-13-15-27(16-14-18)23(29)21-25-22(17-7-5-4-6-8-17)28(26-21)19-9-11-20(31-2)12-10-19/h4-12,18H,3,13-16H2,1-2H3. The van der Waals surface area contributed by atoms with Crippen LogP contribution < -0.4 is 4.74 Å². The van der Waals surface area contributed by atoms with Crippen LogP contribution >= 0.6 is 0 Å². The minimum atomic E-state index is -0.239. The summed E-state index contributed by atoms with van der Waals surface area (Å²) in [6.45, 7) is 3.11. The van der Waals surface area contributed by atoms with Crippen molar-refractivity contribution in [3.8, 4) is 22.8 Å². The molecule has 0 radical (unpaired) electrons. The monoisotopic (exact) mass is 434 g/mol. The quantitative estimate of drug-likeness (QED) is 0.553. The molecule has 1 amide bonds. The van der Waals surface area contributed by atoms with Gasteiger partial charge in [0.15, 0.2) is 5.82 Å². The van der Waals surface area contributed by atoms with Gasteiger partial charge < -0.3 is 14.4 Å². The van der Waals surface area contributed by atoms with Gasteiger partial charge in [-0.05, 0) is 44.0 Å². The number of benzene rings is 2. The Kier molecular flexibility index (Phi) is 6.49. The molecule has 0 N–H and O–H groups in total. The third-order valence-corrected chi connectivity index (χ3v) is 5.55. The maximum absolute atomic E-state index is 13.2. The number of carbonyl (C=O) groups is 2. The van der Waals surface area contributed by atoms with Gasteiger partial charge in [-0.15, -0.1) is 5.10 Å². The van der Waals surface area contributed by atoms with Crippen LogP contribution in [0.15, 0.2) is 54.6 Å².